The van der Waals surface area contributed by atoms with E-state index in [1.54, 1.807) is 0 Å². The van der Waals surface area contributed by atoms with E-state index in [1.165, 1.54) is 67.2 Å². The number of anilines is 1. The van der Waals surface area contributed by atoms with Crippen LogP contribution >= 0.6 is 11.3 Å². The number of hydrogen-bond donors (Lipinski definition) is 1. The fourth-order valence-corrected chi connectivity index (χ4v) is 4.84. The Bertz CT molecular complexity index is 429. The maximum atomic E-state index is 4.98. The van der Waals surface area contributed by atoms with Gasteiger partial charge >= 0.3 is 0 Å². The first-order chi connectivity index (χ1) is 9.33. The molecule has 3 rings (SSSR count). The van der Waals surface area contributed by atoms with Gasteiger partial charge in [0.25, 0.3) is 0 Å². The molecule has 19 heavy (non-hydrogen) atoms. The van der Waals surface area contributed by atoms with E-state index >= 15 is 0 Å². The summed E-state index contributed by atoms with van der Waals surface area (Å²) in [5.74, 6) is 0. The first-order valence-electron chi connectivity index (χ1n) is 7.77. The normalized spacial score (nSPS) is 27.4. The van der Waals surface area contributed by atoms with Crippen LogP contribution in [0.2, 0.25) is 0 Å². The second-order valence-electron chi connectivity index (χ2n) is 5.79. The summed E-state index contributed by atoms with van der Waals surface area (Å²) in [7, 11) is 2.08. The minimum atomic E-state index is 0.542. The number of aryl methyl sites for hydroxylation is 1. The van der Waals surface area contributed by atoms with Gasteiger partial charge in [0.1, 0.15) is 0 Å². The zero-order valence-electron chi connectivity index (χ0n) is 12.1. The Morgan fingerprint density at radius 3 is 3.00 bits per heavy atom. The van der Waals surface area contributed by atoms with E-state index in [1.807, 2.05) is 11.3 Å². The van der Waals surface area contributed by atoms with Gasteiger partial charge in [0.05, 0.1) is 5.69 Å². The molecule has 1 N–H and O–H groups in total. The molecule has 106 valence electrons. The lowest BCUT2D eigenvalue weighted by Gasteiger charge is -2.35. The van der Waals surface area contributed by atoms with Crippen LogP contribution in [0.15, 0.2) is 0 Å². The van der Waals surface area contributed by atoms with Crippen LogP contribution in [-0.4, -0.2) is 24.6 Å². The summed E-state index contributed by atoms with van der Waals surface area (Å²) >= 11 is 1.95. The van der Waals surface area contributed by atoms with Gasteiger partial charge in [0, 0.05) is 23.5 Å². The molecule has 4 heteroatoms. The average molecular weight is 279 g/mol. The van der Waals surface area contributed by atoms with E-state index < -0.39 is 0 Å². The van der Waals surface area contributed by atoms with Gasteiger partial charge < -0.3 is 10.2 Å². The van der Waals surface area contributed by atoms with E-state index in [2.05, 4.69) is 24.2 Å². The highest BCUT2D eigenvalue weighted by Gasteiger charge is 2.28. The topological polar surface area (TPSA) is 28.2 Å². The molecule has 1 aliphatic heterocycles. The quantitative estimate of drug-likeness (QED) is 0.917. The lowest BCUT2D eigenvalue weighted by atomic mass is 9.98. The second kappa shape index (κ2) is 5.80. The third kappa shape index (κ3) is 2.52. The Hall–Kier alpha value is -0.610. The number of aromatic nitrogens is 1. The first-order valence-corrected chi connectivity index (χ1v) is 8.58. The molecule has 1 fully saturated rings. The zero-order chi connectivity index (χ0) is 13.2. The van der Waals surface area contributed by atoms with Crippen LogP contribution in [0.4, 0.5) is 5.13 Å². The van der Waals surface area contributed by atoms with Crippen molar-refractivity contribution in [2.24, 2.45) is 0 Å². The summed E-state index contributed by atoms with van der Waals surface area (Å²) in [6.07, 6.45) is 9.03. The fourth-order valence-electron chi connectivity index (χ4n) is 3.48. The summed E-state index contributed by atoms with van der Waals surface area (Å²) in [6, 6.07) is 1.26. The van der Waals surface area contributed by atoms with Gasteiger partial charge in [-0.15, -0.1) is 0 Å². The third-order valence-corrected chi connectivity index (χ3v) is 5.88. The SMILES string of the molecule is CCC1CCCCN1c1nc2c(s1)C(NC)CCC2. The highest BCUT2D eigenvalue weighted by molar-refractivity contribution is 7.15. The van der Waals surface area contributed by atoms with Gasteiger partial charge in [-0.05, 0) is 52.0 Å². The molecule has 2 atom stereocenters. The van der Waals surface area contributed by atoms with Crippen molar-refractivity contribution in [1.29, 1.82) is 0 Å². The van der Waals surface area contributed by atoms with Crippen molar-refractivity contribution in [2.75, 3.05) is 18.5 Å². The molecule has 0 bridgehead atoms. The van der Waals surface area contributed by atoms with E-state index in [0.717, 1.165) is 6.04 Å². The minimum Gasteiger partial charge on any atom is -0.345 e. The summed E-state index contributed by atoms with van der Waals surface area (Å²) in [5.41, 5.74) is 1.37. The summed E-state index contributed by atoms with van der Waals surface area (Å²) in [6.45, 7) is 3.52. The summed E-state index contributed by atoms with van der Waals surface area (Å²) in [5, 5.41) is 4.74. The molecule has 2 unspecified atom stereocenters. The third-order valence-electron chi connectivity index (χ3n) is 4.63. The van der Waals surface area contributed by atoms with Gasteiger partial charge in [0.2, 0.25) is 0 Å². The van der Waals surface area contributed by atoms with Crippen LogP contribution in [0, 0.1) is 0 Å². The number of nitrogens with zero attached hydrogens (tertiary/aromatic N) is 2. The van der Waals surface area contributed by atoms with Crippen molar-refractivity contribution >= 4 is 16.5 Å². The summed E-state index contributed by atoms with van der Waals surface area (Å²) in [4.78, 5) is 9.06. The second-order valence-corrected chi connectivity index (χ2v) is 6.80. The Labute approximate surface area is 120 Å². The molecule has 1 saturated heterocycles. The van der Waals surface area contributed by atoms with Gasteiger partial charge in [0.15, 0.2) is 5.13 Å². The predicted molar refractivity (Wildman–Crippen MR) is 82.1 cm³/mol. The number of piperidine rings is 1. The van der Waals surface area contributed by atoms with Gasteiger partial charge in [-0.25, -0.2) is 4.98 Å². The minimum absolute atomic E-state index is 0.542. The number of fused-ring (bicyclic) bond motifs is 1. The molecule has 1 aromatic rings. The standard InChI is InChI=1S/C15H25N3S/c1-3-11-7-4-5-10-18(11)15-17-13-9-6-8-12(16-2)14(13)19-15/h11-12,16H,3-10H2,1-2H3. The largest absolute Gasteiger partial charge is 0.345 e. The Morgan fingerprint density at radius 1 is 1.32 bits per heavy atom. The molecule has 3 nitrogen and oxygen atoms in total. The summed E-state index contributed by atoms with van der Waals surface area (Å²) < 4.78 is 0. The monoisotopic (exact) mass is 279 g/mol. The van der Waals surface area contributed by atoms with Crippen LogP contribution in [0.1, 0.15) is 62.1 Å². The van der Waals surface area contributed by atoms with Crippen molar-refractivity contribution in [3.63, 3.8) is 0 Å². The van der Waals surface area contributed by atoms with Crippen LogP contribution in [0.5, 0.6) is 0 Å². The first kappa shape index (κ1) is 13.4. The van der Waals surface area contributed by atoms with E-state index in [0.29, 0.717) is 6.04 Å². The Morgan fingerprint density at radius 2 is 2.21 bits per heavy atom. The Kier molecular flexibility index (Phi) is 4.08. The molecule has 1 aromatic heterocycles. The van der Waals surface area contributed by atoms with Crippen molar-refractivity contribution in [1.82, 2.24) is 10.3 Å². The number of hydrogen-bond acceptors (Lipinski definition) is 4. The maximum absolute atomic E-state index is 4.98. The van der Waals surface area contributed by atoms with Gasteiger partial charge in [-0.1, -0.05) is 18.3 Å². The van der Waals surface area contributed by atoms with E-state index in [9.17, 15) is 0 Å². The number of nitrogens with one attached hydrogen (secondary N) is 1. The average Bonchev–Trinajstić information content (AvgIpc) is 2.90. The van der Waals surface area contributed by atoms with Crippen molar-refractivity contribution in [3.05, 3.63) is 10.6 Å². The smallest absolute Gasteiger partial charge is 0.186 e. The molecule has 2 heterocycles. The van der Waals surface area contributed by atoms with E-state index in [4.69, 9.17) is 4.98 Å². The molecule has 0 radical (unpaired) electrons. The Balaban J connectivity index is 1.87. The fraction of sp³-hybridized carbons (Fsp3) is 0.800. The number of rotatable bonds is 3. The van der Waals surface area contributed by atoms with Gasteiger partial charge in [-0.2, -0.15) is 0 Å². The van der Waals surface area contributed by atoms with Gasteiger partial charge in [-0.3, -0.25) is 0 Å². The lowest BCUT2D eigenvalue weighted by molar-refractivity contribution is 0.449. The highest BCUT2D eigenvalue weighted by Crippen LogP contribution is 2.39. The van der Waals surface area contributed by atoms with Crippen LogP contribution in [0.3, 0.4) is 0 Å². The van der Waals surface area contributed by atoms with Crippen molar-refractivity contribution in [3.8, 4) is 0 Å². The molecule has 0 amide bonds. The number of thiazole rings is 1. The zero-order valence-corrected chi connectivity index (χ0v) is 12.9. The molecule has 0 saturated carbocycles. The molecular weight excluding hydrogens is 254 g/mol. The maximum Gasteiger partial charge on any atom is 0.186 e. The van der Waals surface area contributed by atoms with Crippen LogP contribution < -0.4 is 10.2 Å². The predicted octanol–water partition coefficient (Wildman–Crippen LogP) is 3.51. The highest BCUT2D eigenvalue weighted by atomic mass is 32.1. The molecule has 0 aromatic carbocycles. The molecule has 0 spiro atoms. The molecule has 2 aliphatic rings. The lowest BCUT2D eigenvalue weighted by Crippen LogP contribution is -2.39. The molecule has 1 aliphatic carbocycles. The molecular formula is C15H25N3S. The van der Waals surface area contributed by atoms with Crippen LogP contribution in [0.25, 0.3) is 0 Å². The van der Waals surface area contributed by atoms with Crippen molar-refractivity contribution < 1.29 is 0 Å². The van der Waals surface area contributed by atoms with Crippen molar-refractivity contribution in [2.45, 2.75) is 64.0 Å². The van der Waals surface area contributed by atoms with E-state index in [-0.39, 0.29) is 0 Å². The van der Waals surface area contributed by atoms with Crippen LogP contribution in [-0.2, 0) is 6.42 Å².